The summed E-state index contributed by atoms with van der Waals surface area (Å²) in [6.07, 6.45) is 0. The van der Waals surface area contributed by atoms with Crippen molar-refractivity contribution < 1.29 is 24.7 Å². The van der Waals surface area contributed by atoms with E-state index in [4.69, 9.17) is 10.2 Å². The molecule has 0 aliphatic heterocycles. The second-order valence-electron chi connectivity index (χ2n) is 3.99. The number of hydrogen-bond acceptors (Lipinski definition) is 5. The molecule has 0 spiro atoms. The van der Waals surface area contributed by atoms with Gasteiger partial charge in [0.15, 0.2) is 0 Å². The number of nitrogens with zero attached hydrogens (tertiary/aromatic N) is 3. The molecule has 98 valence electrons. The van der Waals surface area contributed by atoms with Gasteiger partial charge in [-0.05, 0) is 5.92 Å². The normalized spacial score (nSPS) is 10.6. The molecule has 18 heavy (non-hydrogen) atoms. The zero-order valence-electron chi connectivity index (χ0n) is 9.65. The van der Waals surface area contributed by atoms with Crippen LogP contribution in [0.3, 0.4) is 0 Å². The first-order chi connectivity index (χ1) is 8.25. The van der Waals surface area contributed by atoms with Gasteiger partial charge in [-0.25, -0.2) is 9.59 Å². The average Bonchev–Trinajstić information content (AvgIpc) is 2.55. The first kappa shape index (κ1) is 13.6. The molecule has 9 nitrogen and oxygen atoms in total. The van der Waals surface area contributed by atoms with Crippen LogP contribution in [0.1, 0.15) is 34.8 Å². The van der Waals surface area contributed by atoms with Gasteiger partial charge < -0.3 is 10.2 Å². The molecule has 2 N–H and O–H groups in total. The lowest BCUT2D eigenvalue weighted by molar-refractivity contribution is -0.385. The predicted octanol–water partition coefficient (Wildman–Crippen LogP) is 0.844. The third-order valence-corrected chi connectivity index (χ3v) is 2.05. The van der Waals surface area contributed by atoms with E-state index in [1.165, 1.54) is 0 Å². The molecule has 0 amide bonds. The molecule has 0 bridgehead atoms. The second-order valence-corrected chi connectivity index (χ2v) is 3.99. The molecule has 1 aromatic heterocycles. The van der Waals surface area contributed by atoms with E-state index in [-0.39, 0.29) is 12.5 Å². The molecule has 0 saturated carbocycles. The number of aromatic carboxylic acids is 2. The fourth-order valence-corrected chi connectivity index (χ4v) is 1.46. The van der Waals surface area contributed by atoms with Crippen molar-refractivity contribution in [2.24, 2.45) is 5.92 Å². The smallest absolute Gasteiger partial charge is 0.363 e. The maximum atomic E-state index is 11.0. The van der Waals surface area contributed by atoms with Crippen molar-refractivity contribution in [1.29, 1.82) is 0 Å². The molecule has 1 heterocycles. The van der Waals surface area contributed by atoms with Crippen molar-refractivity contribution in [3.8, 4) is 0 Å². The summed E-state index contributed by atoms with van der Waals surface area (Å²) in [5.41, 5.74) is -2.57. The van der Waals surface area contributed by atoms with Gasteiger partial charge >= 0.3 is 17.6 Å². The molecule has 9 heteroatoms. The molecular formula is C9H11N3O6. The molecule has 0 aliphatic rings. The first-order valence-electron chi connectivity index (χ1n) is 4.97. The number of carboxylic acids is 2. The lowest BCUT2D eigenvalue weighted by Gasteiger charge is -2.05. The summed E-state index contributed by atoms with van der Waals surface area (Å²) in [6, 6.07) is 0. The summed E-state index contributed by atoms with van der Waals surface area (Å²) >= 11 is 0. The molecule has 0 aromatic carbocycles. The van der Waals surface area contributed by atoms with Crippen molar-refractivity contribution in [3.63, 3.8) is 0 Å². The zero-order chi connectivity index (χ0) is 14.0. The molecule has 1 rings (SSSR count). The minimum atomic E-state index is -1.63. The van der Waals surface area contributed by atoms with E-state index in [1.54, 1.807) is 13.8 Å². The summed E-state index contributed by atoms with van der Waals surface area (Å²) < 4.78 is 0.842. The van der Waals surface area contributed by atoms with Crippen molar-refractivity contribution >= 4 is 17.6 Å². The summed E-state index contributed by atoms with van der Waals surface area (Å²) in [5, 5.41) is 32.0. The molecule has 0 saturated heterocycles. The van der Waals surface area contributed by atoms with Crippen molar-refractivity contribution in [2.75, 3.05) is 0 Å². The van der Waals surface area contributed by atoms with Crippen molar-refractivity contribution in [2.45, 2.75) is 20.4 Å². The lowest BCUT2D eigenvalue weighted by atomic mass is 10.2. The van der Waals surface area contributed by atoms with E-state index in [1.807, 2.05) is 0 Å². The Bertz CT molecular complexity index is 519. The van der Waals surface area contributed by atoms with E-state index in [0.717, 1.165) is 4.68 Å². The molecule has 0 fully saturated rings. The van der Waals surface area contributed by atoms with Crippen LogP contribution < -0.4 is 0 Å². The maximum absolute atomic E-state index is 11.0. The highest BCUT2D eigenvalue weighted by atomic mass is 16.6. The van der Waals surface area contributed by atoms with Crippen molar-refractivity contribution in [1.82, 2.24) is 9.78 Å². The number of carbonyl (C=O) groups is 2. The molecule has 1 aromatic rings. The van der Waals surface area contributed by atoms with Gasteiger partial charge in [-0.2, -0.15) is 5.10 Å². The van der Waals surface area contributed by atoms with Gasteiger partial charge in [0.2, 0.25) is 11.4 Å². The highest BCUT2D eigenvalue weighted by Crippen LogP contribution is 2.24. The average molecular weight is 257 g/mol. The fraction of sp³-hybridized carbons (Fsp3) is 0.444. The summed E-state index contributed by atoms with van der Waals surface area (Å²) in [7, 11) is 0. The molecule has 0 aliphatic carbocycles. The molecule has 0 unspecified atom stereocenters. The Labute approximate surface area is 101 Å². The van der Waals surface area contributed by atoms with E-state index >= 15 is 0 Å². The highest BCUT2D eigenvalue weighted by Gasteiger charge is 2.35. The van der Waals surface area contributed by atoms with E-state index in [9.17, 15) is 19.7 Å². The zero-order valence-corrected chi connectivity index (χ0v) is 9.65. The van der Waals surface area contributed by atoms with Crippen molar-refractivity contribution in [3.05, 3.63) is 21.5 Å². The lowest BCUT2D eigenvalue weighted by Crippen LogP contribution is -2.14. The highest BCUT2D eigenvalue weighted by molar-refractivity contribution is 5.98. The van der Waals surface area contributed by atoms with Crippen LogP contribution in [0, 0.1) is 16.0 Å². The topological polar surface area (TPSA) is 136 Å². The number of rotatable bonds is 5. The SMILES string of the molecule is CC(C)Cn1nc(C(=O)O)c([N+](=O)[O-])c1C(=O)O. The van der Waals surface area contributed by atoms with Crippen LogP contribution in [0.2, 0.25) is 0 Å². The predicted molar refractivity (Wildman–Crippen MR) is 57.6 cm³/mol. The minimum absolute atomic E-state index is 0.0377. The van der Waals surface area contributed by atoms with Crippen LogP contribution in [0.5, 0.6) is 0 Å². The van der Waals surface area contributed by atoms with Gasteiger partial charge in [-0.15, -0.1) is 0 Å². The Morgan fingerprint density at radius 1 is 1.39 bits per heavy atom. The quantitative estimate of drug-likeness (QED) is 0.589. The number of aromatic nitrogens is 2. The third-order valence-electron chi connectivity index (χ3n) is 2.05. The van der Waals surface area contributed by atoms with E-state index < -0.39 is 33.9 Å². The van der Waals surface area contributed by atoms with Crippen LogP contribution in [0.15, 0.2) is 0 Å². The Kier molecular flexibility index (Phi) is 3.64. The fourth-order valence-electron chi connectivity index (χ4n) is 1.46. The second kappa shape index (κ2) is 4.82. The summed E-state index contributed by atoms with van der Waals surface area (Å²) in [4.78, 5) is 31.6. The first-order valence-corrected chi connectivity index (χ1v) is 4.97. The van der Waals surface area contributed by atoms with Crippen LogP contribution in [-0.4, -0.2) is 36.9 Å². The van der Waals surface area contributed by atoms with Crippen LogP contribution in [-0.2, 0) is 6.54 Å². The molecule has 0 atom stereocenters. The monoisotopic (exact) mass is 257 g/mol. The Balaban J connectivity index is 3.53. The Hall–Kier alpha value is -2.45. The number of nitro groups is 1. The molecule has 0 radical (unpaired) electrons. The van der Waals surface area contributed by atoms with E-state index in [0.29, 0.717) is 0 Å². The van der Waals surface area contributed by atoms with Gasteiger partial charge in [-0.1, -0.05) is 13.8 Å². The van der Waals surface area contributed by atoms with Crippen LogP contribution in [0.4, 0.5) is 5.69 Å². The van der Waals surface area contributed by atoms with Gasteiger partial charge in [-0.3, -0.25) is 14.8 Å². The van der Waals surface area contributed by atoms with Gasteiger partial charge in [0.05, 0.1) is 4.92 Å². The third kappa shape index (κ3) is 2.44. The van der Waals surface area contributed by atoms with Gasteiger partial charge in [0.25, 0.3) is 0 Å². The minimum Gasteiger partial charge on any atom is -0.476 e. The summed E-state index contributed by atoms with van der Waals surface area (Å²) in [6.45, 7) is 3.58. The maximum Gasteiger partial charge on any atom is 0.363 e. The van der Waals surface area contributed by atoms with Gasteiger partial charge in [0.1, 0.15) is 0 Å². The number of hydrogen-bond donors (Lipinski definition) is 2. The van der Waals surface area contributed by atoms with E-state index in [2.05, 4.69) is 5.10 Å². The largest absolute Gasteiger partial charge is 0.476 e. The van der Waals surface area contributed by atoms with Crippen LogP contribution in [0.25, 0.3) is 0 Å². The van der Waals surface area contributed by atoms with Gasteiger partial charge in [0, 0.05) is 6.54 Å². The number of carboxylic acid groups (broad SMARTS) is 2. The molecular weight excluding hydrogens is 246 g/mol. The Morgan fingerprint density at radius 2 is 1.94 bits per heavy atom. The standard InChI is InChI=1S/C9H11N3O6/c1-4(2)3-11-7(9(15)16)6(12(17)18)5(10-11)8(13)14/h4H,3H2,1-2H3,(H,13,14)(H,15,16). The Morgan fingerprint density at radius 3 is 2.28 bits per heavy atom. The summed E-state index contributed by atoms with van der Waals surface area (Å²) in [5.74, 6) is -3.25. The van der Waals surface area contributed by atoms with Crippen LogP contribution >= 0.6 is 0 Å².